The van der Waals surface area contributed by atoms with Gasteiger partial charge in [0.25, 0.3) is 0 Å². The molecule has 0 saturated carbocycles. The Morgan fingerprint density at radius 1 is 0.893 bits per heavy atom. The van der Waals surface area contributed by atoms with Crippen molar-refractivity contribution >= 4 is 42.6 Å². The van der Waals surface area contributed by atoms with Crippen molar-refractivity contribution in [3.05, 3.63) is 74.6 Å². The SMILES string of the molecule is Cc1cc(-c2c(-c3ccc(S(C)(=O)=O)cc3)sc3ccccc3c2=O)c(C)s1. The number of thiophene rings is 1. The number of rotatable bonds is 3. The van der Waals surface area contributed by atoms with Gasteiger partial charge in [0.15, 0.2) is 15.3 Å². The highest BCUT2D eigenvalue weighted by atomic mass is 32.2. The van der Waals surface area contributed by atoms with Gasteiger partial charge in [0, 0.05) is 42.1 Å². The molecule has 0 unspecified atom stereocenters. The van der Waals surface area contributed by atoms with Crippen LogP contribution in [0.2, 0.25) is 0 Å². The van der Waals surface area contributed by atoms with Crippen molar-refractivity contribution in [3.63, 3.8) is 0 Å². The highest BCUT2D eigenvalue weighted by molar-refractivity contribution is 7.90. The zero-order chi connectivity index (χ0) is 20.1. The lowest BCUT2D eigenvalue weighted by molar-refractivity contribution is 0.602. The van der Waals surface area contributed by atoms with E-state index < -0.39 is 9.84 Å². The molecule has 28 heavy (non-hydrogen) atoms. The summed E-state index contributed by atoms with van der Waals surface area (Å²) in [5.41, 5.74) is 2.50. The molecular formula is C22H18O3S3. The summed E-state index contributed by atoms with van der Waals surface area (Å²) in [5, 5.41) is 0.710. The summed E-state index contributed by atoms with van der Waals surface area (Å²) in [4.78, 5) is 16.8. The summed E-state index contributed by atoms with van der Waals surface area (Å²) in [6, 6.07) is 16.5. The van der Waals surface area contributed by atoms with Crippen LogP contribution in [0.1, 0.15) is 9.75 Å². The van der Waals surface area contributed by atoms with E-state index >= 15 is 0 Å². The fraction of sp³-hybridized carbons (Fsp3) is 0.136. The van der Waals surface area contributed by atoms with E-state index in [4.69, 9.17) is 0 Å². The molecule has 0 aliphatic heterocycles. The third kappa shape index (κ3) is 3.32. The van der Waals surface area contributed by atoms with Crippen LogP contribution in [0.3, 0.4) is 0 Å². The van der Waals surface area contributed by atoms with Gasteiger partial charge in [0.2, 0.25) is 0 Å². The molecule has 0 atom stereocenters. The van der Waals surface area contributed by atoms with Crippen molar-refractivity contribution in [2.24, 2.45) is 0 Å². The van der Waals surface area contributed by atoms with Gasteiger partial charge in [0.05, 0.1) is 4.90 Å². The lowest BCUT2D eigenvalue weighted by atomic mass is 10.0. The average molecular weight is 427 g/mol. The molecule has 142 valence electrons. The van der Waals surface area contributed by atoms with Gasteiger partial charge in [-0.2, -0.15) is 0 Å². The summed E-state index contributed by atoms with van der Waals surface area (Å²) in [6.45, 7) is 4.07. The van der Waals surface area contributed by atoms with Crippen molar-refractivity contribution in [3.8, 4) is 21.6 Å². The second kappa shape index (κ2) is 6.95. The Bertz CT molecular complexity index is 1360. The second-order valence-electron chi connectivity index (χ2n) is 6.75. The minimum atomic E-state index is -3.27. The molecule has 0 saturated heterocycles. The Labute approximate surface area is 171 Å². The summed E-state index contributed by atoms with van der Waals surface area (Å²) in [6.07, 6.45) is 1.19. The van der Waals surface area contributed by atoms with E-state index in [0.717, 1.165) is 30.5 Å². The number of hydrogen-bond donors (Lipinski definition) is 0. The highest BCUT2D eigenvalue weighted by Gasteiger charge is 2.19. The molecule has 4 rings (SSSR count). The van der Waals surface area contributed by atoms with Crippen molar-refractivity contribution in [2.45, 2.75) is 18.7 Å². The molecule has 4 aromatic rings. The van der Waals surface area contributed by atoms with Gasteiger partial charge < -0.3 is 0 Å². The molecule has 0 spiro atoms. The fourth-order valence-electron chi connectivity index (χ4n) is 3.32. The van der Waals surface area contributed by atoms with E-state index in [9.17, 15) is 13.2 Å². The Balaban J connectivity index is 2.06. The van der Waals surface area contributed by atoms with Crippen molar-refractivity contribution in [2.75, 3.05) is 6.26 Å². The standard InChI is InChI=1S/C22H18O3S3/c1-13-12-18(14(2)26-13)20-21(23)17-6-4-5-7-19(17)27-22(20)15-8-10-16(11-9-15)28(3,24)25/h4-12H,1-3H3. The molecule has 0 bridgehead atoms. The van der Waals surface area contributed by atoms with Crippen LogP contribution >= 0.6 is 22.7 Å². The number of benzene rings is 2. The van der Waals surface area contributed by atoms with Crippen LogP contribution in [0, 0.1) is 13.8 Å². The average Bonchev–Trinajstić information content (AvgIpc) is 2.99. The first-order chi connectivity index (χ1) is 13.3. The summed E-state index contributed by atoms with van der Waals surface area (Å²) < 4.78 is 24.5. The molecule has 0 aliphatic rings. The zero-order valence-corrected chi connectivity index (χ0v) is 18.1. The maximum atomic E-state index is 13.4. The van der Waals surface area contributed by atoms with Gasteiger partial charge in [0.1, 0.15) is 0 Å². The number of sulfone groups is 1. The number of aryl methyl sites for hydroxylation is 2. The molecule has 2 heterocycles. The molecule has 0 amide bonds. The van der Waals surface area contributed by atoms with E-state index in [-0.39, 0.29) is 10.3 Å². The quantitative estimate of drug-likeness (QED) is 0.424. The molecule has 0 N–H and O–H groups in total. The normalized spacial score (nSPS) is 11.8. The summed E-state index contributed by atoms with van der Waals surface area (Å²) in [7, 11) is -3.27. The van der Waals surface area contributed by atoms with Crippen molar-refractivity contribution < 1.29 is 8.42 Å². The van der Waals surface area contributed by atoms with E-state index in [1.165, 1.54) is 6.26 Å². The molecular weight excluding hydrogens is 408 g/mol. The van der Waals surface area contributed by atoms with Crippen molar-refractivity contribution in [1.82, 2.24) is 0 Å². The van der Waals surface area contributed by atoms with Crippen molar-refractivity contribution in [1.29, 1.82) is 0 Å². The van der Waals surface area contributed by atoms with Crippen LogP contribution < -0.4 is 5.43 Å². The molecule has 2 aromatic carbocycles. The van der Waals surface area contributed by atoms with Gasteiger partial charge in [-0.15, -0.1) is 22.7 Å². The Morgan fingerprint density at radius 2 is 1.57 bits per heavy atom. The minimum absolute atomic E-state index is 0.0115. The van der Waals surface area contributed by atoms with E-state index in [1.54, 1.807) is 46.9 Å². The lowest BCUT2D eigenvalue weighted by Gasteiger charge is -2.11. The first kappa shape index (κ1) is 19.1. The molecule has 0 aliphatic carbocycles. The van der Waals surface area contributed by atoms with Crippen LogP contribution in [0.5, 0.6) is 0 Å². The minimum Gasteiger partial charge on any atom is -0.288 e. The van der Waals surface area contributed by atoms with E-state index in [2.05, 4.69) is 6.07 Å². The molecule has 0 radical (unpaired) electrons. The molecule has 6 heteroatoms. The van der Waals surface area contributed by atoms with Crippen LogP contribution in [0.15, 0.2) is 64.3 Å². The maximum Gasteiger partial charge on any atom is 0.196 e. The van der Waals surface area contributed by atoms with Crippen LogP contribution in [0.25, 0.3) is 31.7 Å². The van der Waals surface area contributed by atoms with Gasteiger partial charge >= 0.3 is 0 Å². The third-order valence-corrected chi connectivity index (χ3v) is 7.97. The maximum absolute atomic E-state index is 13.4. The number of hydrogen-bond acceptors (Lipinski definition) is 5. The van der Waals surface area contributed by atoms with Gasteiger partial charge in [-0.05, 0) is 49.7 Å². The van der Waals surface area contributed by atoms with Crippen LogP contribution in [-0.4, -0.2) is 14.7 Å². The highest BCUT2D eigenvalue weighted by Crippen LogP contribution is 2.40. The summed E-state index contributed by atoms with van der Waals surface area (Å²) in [5.74, 6) is 0. The zero-order valence-electron chi connectivity index (χ0n) is 15.6. The Hall–Kier alpha value is -2.28. The van der Waals surface area contributed by atoms with Gasteiger partial charge in [-0.3, -0.25) is 4.79 Å². The Morgan fingerprint density at radius 3 is 2.18 bits per heavy atom. The van der Waals surface area contributed by atoms with E-state index in [0.29, 0.717) is 10.9 Å². The topological polar surface area (TPSA) is 51.2 Å². The predicted molar refractivity (Wildman–Crippen MR) is 119 cm³/mol. The molecule has 2 aromatic heterocycles. The number of fused-ring (bicyclic) bond motifs is 1. The van der Waals surface area contributed by atoms with Gasteiger partial charge in [-0.25, -0.2) is 8.42 Å². The smallest absolute Gasteiger partial charge is 0.196 e. The lowest BCUT2D eigenvalue weighted by Crippen LogP contribution is -2.06. The van der Waals surface area contributed by atoms with E-state index in [1.807, 2.05) is 38.1 Å². The first-order valence-corrected chi connectivity index (χ1v) is 12.2. The largest absolute Gasteiger partial charge is 0.288 e. The first-order valence-electron chi connectivity index (χ1n) is 8.69. The summed E-state index contributed by atoms with van der Waals surface area (Å²) >= 11 is 3.24. The van der Waals surface area contributed by atoms with Crippen LogP contribution in [-0.2, 0) is 9.84 Å². The molecule has 0 fully saturated rings. The monoisotopic (exact) mass is 426 g/mol. The third-order valence-electron chi connectivity index (χ3n) is 4.65. The Kier molecular flexibility index (Phi) is 4.73. The second-order valence-corrected chi connectivity index (χ2v) is 11.3. The molecule has 3 nitrogen and oxygen atoms in total. The van der Waals surface area contributed by atoms with Gasteiger partial charge in [-0.1, -0.05) is 24.3 Å². The fourth-order valence-corrected chi connectivity index (χ4v) is 6.08. The van der Waals surface area contributed by atoms with Crippen LogP contribution in [0.4, 0.5) is 0 Å². The predicted octanol–water partition coefficient (Wildman–Crippen LogP) is 5.68.